The molecule has 0 radical (unpaired) electrons. The fourth-order valence-electron chi connectivity index (χ4n) is 5.18. The second-order valence-electron chi connectivity index (χ2n) is 9.80. The van der Waals surface area contributed by atoms with E-state index in [1.165, 1.54) is 0 Å². The van der Waals surface area contributed by atoms with Gasteiger partial charge in [-0.15, -0.1) is 0 Å². The number of carbonyl (C=O) groups is 1. The van der Waals surface area contributed by atoms with Crippen molar-refractivity contribution < 1.29 is 4.79 Å². The van der Waals surface area contributed by atoms with Gasteiger partial charge < -0.3 is 9.80 Å². The number of amides is 1. The standard InChI is InChI=1S/C31H29BrN6O/c1-22-28-29(36-16-9-17-37(19-18-36)31(39)24-12-8-13-25(32)21-24)33-27(20-23-10-4-2-5-11-23)34-30(28)38(35-22)26-14-6-3-7-15-26/h2-8,10-15,21H,9,16-20H2,1H3. The van der Waals surface area contributed by atoms with Gasteiger partial charge in [-0.2, -0.15) is 5.10 Å². The average molecular weight is 582 g/mol. The zero-order chi connectivity index (χ0) is 26.8. The Balaban J connectivity index is 1.37. The van der Waals surface area contributed by atoms with E-state index in [1.54, 1.807) is 0 Å². The number of benzene rings is 3. The molecule has 196 valence electrons. The molecule has 1 amide bonds. The largest absolute Gasteiger partial charge is 0.354 e. The van der Waals surface area contributed by atoms with Crippen LogP contribution in [-0.4, -0.2) is 56.7 Å². The van der Waals surface area contributed by atoms with Crippen LogP contribution < -0.4 is 4.90 Å². The van der Waals surface area contributed by atoms with Crippen LogP contribution in [0.1, 0.15) is 33.9 Å². The van der Waals surface area contributed by atoms with E-state index >= 15 is 0 Å². The van der Waals surface area contributed by atoms with Crippen LogP contribution in [0, 0.1) is 6.92 Å². The number of halogens is 1. The number of aryl methyl sites for hydroxylation is 1. The van der Waals surface area contributed by atoms with E-state index in [9.17, 15) is 4.79 Å². The minimum Gasteiger partial charge on any atom is -0.354 e. The Morgan fingerprint density at radius 3 is 2.41 bits per heavy atom. The zero-order valence-electron chi connectivity index (χ0n) is 21.8. The molecule has 3 heterocycles. The van der Waals surface area contributed by atoms with Gasteiger partial charge >= 0.3 is 0 Å². The molecule has 39 heavy (non-hydrogen) atoms. The molecule has 1 aliphatic heterocycles. The van der Waals surface area contributed by atoms with Gasteiger partial charge in [0.2, 0.25) is 0 Å². The summed E-state index contributed by atoms with van der Waals surface area (Å²) in [6.45, 7) is 4.83. The molecule has 0 N–H and O–H groups in total. The maximum atomic E-state index is 13.3. The number of rotatable bonds is 5. The molecule has 1 fully saturated rings. The minimum atomic E-state index is 0.0591. The van der Waals surface area contributed by atoms with Crippen molar-refractivity contribution in [1.29, 1.82) is 0 Å². The van der Waals surface area contributed by atoms with E-state index in [0.29, 0.717) is 31.6 Å². The number of carbonyl (C=O) groups excluding carboxylic acids is 1. The SMILES string of the molecule is Cc1nn(-c2ccccc2)c2nc(Cc3ccccc3)nc(N3CCCN(C(=O)c4cccc(Br)c4)CC3)c12. The van der Waals surface area contributed by atoms with Crippen LogP contribution in [-0.2, 0) is 6.42 Å². The van der Waals surface area contributed by atoms with E-state index < -0.39 is 0 Å². The topological polar surface area (TPSA) is 67.2 Å². The zero-order valence-corrected chi connectivity index (χ0v) is 23.4. The van der Waals surface area contributed by atoms with Crippen molar-refractivity contribution in [3.05, 3.63) is 112 Å². The molecule has 1 saturated heterocycles. The number of anilines is 1. The number of fused-ring (bicyclic) bond motifs is 1. The van der Waals surface area contributed by atoms with Gasteiger partial charge in [-0.25, -0.2) is 14.6 Å². The molecule has 0 unspecified atom stereocenters. The number of para-hydroxylation sites is 1. The van der Waals surface area contributed by atoms with E-state index in [1.807, 2.05) is 89.3 Å². The van der Waals surface area contributed by atoms with Crippen molar-refractivity contribution in [3.63, 3.8) is 0 Å². The number of nitrogens with zero attached hydrogens (tertiary/aromatic N) is 6. The first-order valence-electron chi connectivity index (χ1n) is 13.2. The first-order chi connectivity index (χ1) is 19.1. The Labute approximate surface area is 236 Å². The lowest BCUT2D eigenvalue weighted by atomic mass is 10.1. The number of hydrogen-bond donors (Lipinski definition) is 0. The molecule has 3 aromatic carbocycles. The van der Waals surface area contributed by atoms with Crippen LogP contribution in [0.3, 0.4) is 0 Å². The highest BCUT2D eigenvalue weighted by Crippen LogP contribution is 2.30. The van der Waals surface area contributed by atoms with Gasteiger partial charge in [0.25, 0.3) is 5.91 Å². The molecule has 5 aromatic rings. The van der Waals surface area contributed by atoms with Gasteiger partial charge in [-0.3, -0.25) is 4.79 Å². The summed E-state index contributed by atoms with van der Waals surface area (Å²) in [4.78, 5) is 27.7. The lowest BCUT2D eigenvalue weighted by Gasteiger charge is -2.24. The van der Waals surface area contributed by atoms with Crippen molar-refractivity contribution in [3.8, 4) is 5.69 Å². The van der Waals surface area contributed by atoms with Gasteiger partial charge in [0.05, 0.1) is 16.8 Å². The average Bonchev–Trinajstić information content (AvgIpc) is 3.12. The van der Waals surface area contributed by atoms with E-state index in [4.69, 9.17) is 15.1 Å². The number of aromatic nitrogens is 4. The van der Waals surface area contributed by atoms with Crippen LogP contribution in [0.2, 0.25) is 0 Å². The molecule has 1 aliphatic rings. The fourth-order valence-corrected chi connectivity index (χ4v) is 5.58. The molecule has 7 nitrogen and oxygen atoms in total. The fraction of sp³-hybridized carbons (Fsp3) is 0.226. The highest BCUT2D eigenvalue weighted by Gasteiger charge is 2.25. The summed E-state index contributed by atoms with van der Waals surface area (Å²) in [7, 11) is 0. The highest BCUT2D eigenvalue weighted by atomic mass is 79.9. The second kappa shape index (κ2) is 11.0. The number of hydrogen-bond acceptors (Lipinski definition) is 5. The first-order valence-corrected chi connectivity index (χ1v) is 14.0. The predicted octanol–water partition coefficient (Wildman–Crippen LogP) is 5.83. The van der Waals surface area contributed by atoms with Crippen molar-refractivity contribution in [2.75, 3.05) is 31.1 Å². The molecule has 0 bridgehead atoms. The first kappa shape index (κ1) is 25.2. The normalized spacial score (nSPS) is 14.0. The summed E-state index contributed by atoms with van der Waals surface area (Å²) in [5.41, 5.74) is 4.52. The van der Waals surface area contributed by atoms with Crippen LogP contribution in [0.4, 0.5) is 5.82 Å². The summed E-state index contributed by atoms with van der Waals surface area (Å²) in [6, 6.07) is 28.0. The van der Waals surface area contributed by atoms with Gasteiger partial charge in [0, 0.05) is 42.6 Å². The lowest BCUT2D eigenvalue weighted by molar-refractivity contribution is 0.0767. The van der Waals surface area contributed by atoms with Crippen LogP contribution >= 0.6 is 15.9 Å². The molecule has 0 atom stereocenters. The molecular formula is C31H29BrN6O. The smallest absolute Gasteiger partial charge is 0.253 e. The molecular weight excluding hydrogens is 552 g/mol. The van der Waals surface area contributed by atoms with Crippen molar-refractivity contribution >= 4 is 38.7 Å². The Hall–Kier alpha value is -4.04. The molecule has 8 heteroatoms. The Bertz CT molecular complexity index is 1620. The van der Waals surface area contributed by atoms with Crippen molar-refractivity contribution in [2.24, 2.45) is 0 Å². The van der Waals surface area contributed by atoms with Crippen molar-refractivity contribution in [1.82, 2.24) is 24.6 Å². The summed E-state index contributed by atoms with van der Waals surface area (Å²) in [5.74, 6) is 1.71. The van der Waals surface area contributed by atoms with E-state index in [-0.39, 0.29) is 5.91 Å². The Morgan fingerprint density at radius 2 is 1.64 bits per heavy atom. The maximum absolute atomic E-state index is 13.3. The summed E-state index contributed by atoms with van der Waals surface area (Å²) in [5, 5.41) is 5.86. The third-order valence-corrected chi connectivity index (χ3v) is 7.58. The van der Waals surface area contributed by atoms with E-state index in [0.717, 1.165) is 57.1 Å². The molecule has 0 saturated carbocycles. The molecule has 0 spiro atoms. The Kier molecular flexibility index (Phi) is 7.11. The molecule has 6 rings (SSSR count). The predicted molar refractivity (Wildman–Crippen MR) is 158 cm³/mol. The Morgan fingerprint density at radius 1 is 0.872 bits per heavy atom. The van der Waals surface area contributed by atoms with Gasteiger partial charge in [0.15, 0.2) is 5.65 Å². The van der Waals surface area contributed by atoms with Crippen molar-refractivity contribution in [2.45, 2.75) is 19.8 Å². The lowest BCUT2D eigenvalue weighted by Crippen LogP contribution is -2.35. The van der Waals surface area contributed by atoms with Gasteiger partial charge in [-0.1, -0.05) is 70.5 Å². The molecule has 2 aromatic heterocycles. The van der Waals surface area contributed by atoms with Crippen LogP contribution in [0.15, 0.2) is 89.4 Å². The second-order valence-corrected chi connectivity index (χ2v) is 10.7. The summed E-state index contributed by atoms with van der Waals surface area (Å²) >= 11 is 3.49. The monoisotopic (exact) mass is 580 g/mol. The third kappa shape index (κ3) is 5.29. The minimum absolute atomic E-state index is 0.0591. The molecule has 0 aliphatic carbocycles. The maximum Gasteiger partial charge on any atom is 0.253 e. The summed E-state index contributed by atoms with van der Waals surface area (Å²) < 4.78 is 2.83. The van der Waals surface area contributed by atoms with E-state index in [2.05, 4.69) is 33.0 Å². The van der Waals surface area contributed by atoms with Crippen LogP contribution in [0.5, 0.6) is 0 Å². The quantitative estimate of drug-likeness (QED) is 0.261. The van der Waals surface area contributed by atoms with Gasteiger partial charge in [-0.05, 0) is 49.2 Å². The van der Waals surface area contributed by atoms with Crippen LogP contribution in [0.25, 0.3) is 16.7 Å². The summed E-state index contributed by atoms with van der Waals surface area (Å²) in [6.07, 6.45) is 1.48. The third-order valence-electron chi connectivity index (χ3n) is 7.09. The highest BCUT2D eigenvalue weighted by molar-refractivity contribution is 9.10. The van der Waals surface area contributed by atoms with Gasteiger partial charge in [0.1, 0.15) is 11.6 Å².